The zero-order valence-electron chi connectivity index (χ0n) is 10.3. The summed E-state index contributed by atoms with van der Waals surface area (Å²) in [7, 11) is 1.74. The number of hydrogen-bond acceptors (Lipinski definition) is 4. The van der Waals surface area contributed by atoms with Gasteiger partial charge in [0, 0.05) is 7.05 Å². The second kappa shape index (κ2) is 5.63. The van der Waals surface area contributed by atoms with Crippen molar-refractivity contribution in [2.24, 2.45) is 0 Å². The maximum absolute atomic E-state index is 11.2. The number of ether oxygens (including phenoxy) is 2. The van der Waals surface area contributed by atoms with Gasteiger partial charge in [-0.15, -0.1) is 0 Å². The van der Waals surface area contributed by atoms with Crippen LogP contribution in [0.1, 0.15) is 27.7 Å². The number of carbonyl (C=O) groups is 1. The van der Waals surface area contributed by atoms with Gasteiger partial charge in [-0.25, -0.2) is 0 Å². The highest BCUT2D eigenvalue weighted by Crippen LogP contribution is 2.14. The first-order valence-corrected chi connectivity index (χ1v) is 5.01. The molecule has 0 fully saturated rings. The Morgan fingerprint density at radius 2 is 1.93 bits per heavy atom. The molecule has 0 aromatic rings. The monoisotopic (exact) mass is 215 g/mol. The van der Waals surface area contributed by atoms with Gasteiger partial charge in [0.15, 0.2) is 5.88 Å². The molecule has 0 rings (SSSR count). The summed E-state index contributed by atoms with van der Waals surface area (Å²) in [5.74, 6) is 0.189. The van der Waals surface area contributed by atoms with Crippen molar-refractivity contribution in [3.8, 4) is 0 Å². The lowest BCUT2D eigenvalue weighted by Gasteiger charge is -2.28. The molecule has 0 atom stereocenters. The van der Waals surface area contributed by atoms with Gasteiger partial charge in [-0.05, 0) is 34.3 Å². The first-order chi connectivity index (χ1) is 6.76. The van der Waals surface area contributed by atoms with Crippen molar-refractivity contribution in [1.82, 2.24) is 4.90 Å². The molecular formula is C11H21NO3. The van der Waals surface area contributed by atoms with E-state index >= 15 is 0 Å². The van der Waals surface area contributed by atoms with Crippen LogP contribution in [-0.2, 0) is 14.3 Å². The highest BCUT2D eigenvalue weighted by Gasteiger charge is 2.16. The number of esters is 1. The predicted octanol–water partition coefficient (Wildman–Crippen LogP) is 1.77. The van der Waals surface area contributed by atoms with Gasteiger partial charge in [0.25, 0.3) is 0 Å². The molecule has 0 N–H and O–H groups in total. The summed E-state index contributed by atoms with van der Waals surface area (Å²) in [4.78, 5) is 12.8. The van der Waals surface area contributed by atoms with Gasteiger partial charge in [0.2, 0.25) is 0 Å². The summed E-state index contributed by atoms with van der Waals surface area (Å²) in [5, 5.41) is 0. The van der Waals surface area contributed by atoms with Gasteiger partial charge < -0.3 is 14.4 Å². The smallest absolute Gasteiger partial charge is 0.325 e. The molecule has 4 heteroatoms. The van der Waals surface area contributed by atoms with E-state index in [1.807, 2.05) is 20.8 Å². The molecule has 0 heterocycles. The summed E-state index contributed by atoms with van der Waals surface area (Å²) >= 11 is 0. The lowest BCUT2D eigenvalue weighted by Crippen LogP contribution is -2.31. The molecule has 0 aliphatic rings. The van der Waals surface area contributed by atoms with Gasteiger partial charge >= 0.3 is 5.97 Å². The zero-order valence-corrected chi connectivity index (χ0v) is 10.3. The highest BCUT2D eigenvalue weighted by molar-refractivity contribution is 5.71. The second-order valence-electron chi connectivity index (χ2n) is 4.27. The maximum atomic E-state index is 11.2. The summed E-state index contributed by atoms with van der Waals surface area (Å²) in [6.07, 6.45) is 0. The first kappa shape index (κ1) is 13.8. The molecule has 0 bridgehead atoms. The van der Waals surface area contributed by atoms with Gasteiger partial charge in [-0.1, -0.05) is 0 Å². The molecule has 4 nitrogen and oxygen atoms in total. The summed E-state index contributed by atoms with van der Waals surface area (Å²) < 4.78 is 10.3. The van der Waals surface area contributed by atoms with E-state index < -0.39 is 0 Å². The average Bonchev–Trinajstić information content (AvgIpc) is 2.00. The van der Waals surface area contributed by atoms with Crippen molar-refractivity contribution in [1.29, 1.82) is 0 Å². The van der Waals surface area contributed by atoms with E-state index in [1.165, 1.54) is 0 Å². The molecule has 15 heavy (non-hydrogen) atoms. The molecule has 0 saturated heterocycles. The zero-order chi connectivity index (χ0) is 12.1. The number of rotatable bonds is 5. The minimum absolute atomic E-state index is 0.156. The van der Waals surface area contributed by atoms with Crippen LogP contribution in [0.25, 0.3) is 0 Å². The van der Waals surface area contributed by atoms with E-state index in [0.29, 0.717) is 12.5 Å². The lowest BCUT2D eigenvalue weighted by molar-refractivity contribution is -0.144. The molecule has 0 radical (unpaired) electrons. The third-order valence-electron chi connectivity index (χ3n) is 1.52. The number of likely N-dealkylation sites (N-methyl/N-ethyl adjacent to an activating group) is 1. The Hall–Kier alpha value is -1.19. The summed E-state index contributed by atoms with van der Waals surface area (Å²) in [6, 6.07) is 0. The van der Waals surface area contributed by atoms with Crippen LogP contribution in [0.3, 0.4) is 0 Å². The van der Waals surface area contributed by atoms with Crippen LogP contribution in [0.15, 0.2) is 12.5 Å². The van der Waals surface area contributed by atoms with Crippen molar-refractivity contribution in [2.75, 3.05) is 20.2 Å². The fraction of sp³-hybridized carbons (Fsp3) is 0.727. The minimum atomic E-state index is -0.306. The Morgan fingerprint density at radius 1 is 1.40 bits per heavy atom. The molecule has 0 aliphatic carbocycles. The third-order valence-corrected chi connectivity index (χ3v) is 1.52. The van der Waals surface area contributed by atoms with Crippen LogP contribution in [0.2, 0.25) is 0 Å². The standard InChI is InChI=1S/C11H21NO3/c1-7-14-10(13)8-12(6)9(2)15-11(3,4)5/h2,7-8H2,1,3-6H3. The highest BCUT2D eigenvalue weighted by atomic mass is 16.5. The van der Waals surface area contributed by atoms with Crippen LogP contribution < -0.4 is 0 Å². The Balaban J connectivity index is 4.05. The Bertz CT molecular complexity index is 230. The molecule has 0 aromatic carbocycles. The van der Waals surface area contributed by atoms with Crippen molar-refractivity contribution < 1.29 is 14.3 Å². The Morgan fingerprint density at radius 3 is 2.33 bits per heavy atom. The van der Waals surface area contributed by atoms with E-state index in [-0.39, 0.29) is 18.1 Å². The van der Waals surface area contributed by atoms with E-state index in [9.17, 15) is 4.79 Å². The Labute approximate surface area is 91.8 Å². The Kier molecular flexibility index (Phi) is 5.19. The quantitative estimate of drug-likeness (QED) is 0.517. The molecular weight excluding hydrogens is 194 g/mol. The van der Waals surface area contributed by atoms with Crippen LogP contribution in [0.5, 0.6) is 0 Å². The van der Waals surface area contributed by atoms with Crippen molar-refractivity contribution in [2.45, 2.75) is 33.3 Å². The van der Waals surface area contributed by atoms with Gasteiger partial charge in [0.05, 0.1) is 6.61 Å². The van der Waals surface area contributed by atoms with E-state index in [0.717, 1.165) is 0 Å². The SMILES string of the molecule is C=C(OC(C)(C)C)N(C)CC(=O)OCC. The van der Waals surface area contributed by atoms with Crippen LogP contribution >= 0.6 is 0 Å². The van der Waals surface area contributed by atoms with Gasteiger partial charge in [0.1, 0.15) is 12.1 Å². The summed E-state index contributed by atoms with van der Waals surface area (Å²) in [6.45, 7) is 11.8. The van der Waals surface area contributed by atoms with Crippen LogP contribution in [-0.4, -0.2) is 36.7 Å². The van der Waals surface area contributed by atoms with Crippen molar-refractivity contribution in [3.63, 3.8) is 0 Å². The van der Waals surface area contributed by atoms with Crippen LogP contribution in [0, 0.1) is 0 Å². The number of nitrogens with zero attached hydrogens (tertiary/aromatic N) is 1. The third kappa shape index (κ3) is 6.82. The predicted molar refractivity (Wildman–Crippen MR) is 59.2 cm³/mol. The fourth-order valence-electron chi connectivity index (χ4n) is 0.920. The minimum Gasteiger partial charge on any atom is -0.474 e. The largest absolute Gasteiger partial charge is 0.474 e. The summed E-state index contributed by atoms with van der Waals surface area (Å²) in [5.41, 5.74) is -0.306. The second-order valence-corrected chi connectivity index (χ2v) is 4.27. The maximum Gasteiger partial charge on any atom is 0.325 e. The van der Waals surface area contributed by atoms with Crippen molar-refractivity contribution >= 4 is 5.97 Å². The topological polar surface area (TPSA) is 38.8 Å². The van der Waals surface area contributed by atoms with E-state index in [2.05, 4.69) is 6.58 Å². The lowest BCUT2D eigenvalue weighted by atomic mass is 10.2. The normalized spacial score (nSPS) is 10.7. The van der Waals surface area contributed by atoms with Gasteiger partial charge in [-0.2, -0.15) is 0 Å². The first-order valence-electron chi connectivity index (χ1n) is 5.01. The van der Waals surface area contributed by atoms with E-state index in [4.69, 9.17) is 9.47 Å². The number of hydrogen-bond donors (Lipinski definition) is 0. The molecule has 0 spiro atoms. The molecule has 0 aliphatic heterocycles. The molecule has 0 saturated carbocycles. The molecule has 88 valence electrons. The fourth-order valence-corrected chi connectivity index (χ4v) is 0.920. The molecule has 0 unspecified atom stereocenters. The molecule has 0 aromatic heterocycles. The number of carbonyl (C=O) groups excluding carboxylic acids is 1. The van der Waals surface area contributed by atoms with Crippen molar-refractivity contribution in [3.05, 3.63) is 12.5 Å². The van der Waals surface area contributed by atoms with Crippen LogP contribution in [0.4, 0.5) is 0 Å². The average molecular weight is 215 g/mol. The van der Waals surface area contributed by atoms with E-state index in [1.54, 1.807) is 18.9 Å². The van der Waals surface area contributed by atoms with Gasteiger partial charge in [-0.3, -0.25) is 4.79 Å². The molecule has 0 amide bonds.